The van der Waals surface area contributed by atoms with Gasteiger partial charge >= 0.3 is 0 Å². The summed E-state index contributed by atoms with van der Waals surface area (Å²) >= 11 is 0. The quantitative estimate of drug-likeness (QED) is 0.399. The fourth-order valence-corrected chi connectivity index (χ4v) is 3.98. The summed E-state index contributed by atoms with van der Waals surface area (Å²) in [6.07, 6.45) is 3.69. The number of benzene rings is 2. The third-order valence-electron chi connectivity index (χ3n) is 5.90. The third kappa shape index (κ3) is 5.74. The van der Waals surface area contributed by atoms with Gasteiger partial charge in [-0.3, -0.25) is 4.98 Å². The zero-order chi connectivity index (χ0) is 24.0. The van der Waals surface area contributed by atoms with Gasteiger partial charge in [-0.05, 0) is 43.9 Å². The van der Waals surface area contributed by atoms with Gasteiger partial charge in [-0.25, -0.2) is 9.97 Å². The number of fused-ring (bicyclic) bond motifs is 1. The van der Waals surface area contributed by atoms with E-state index in [0.29, 0.717) is 12.6 Å². The summed E-state index contributed by atoms with van der Waals surface area (Å²) in [7, 11) is 4.05. The number of hydrogen-bond donors (Lipinski definition) is 2. The van der Waals surface area contributed by atoms with Crippen molar-refractivity contribution >= 4 is 22.5 Å². The van der Waals surface area contributed by atoms with Crippen molar-refractivity contribution in [2.24, 2.45) is 0 Å². The lowest BCUT2D eigenvalue weighted by Gasteiger charge is -2.24. The van der Waals surface area contributed by atoms with Crippen molar-refractivity contribution in [1.29, 1.82) is 0 Å². The summed E-state index contributed by atoms with van der Waals surface area (Å²) in [6.45, 7) is 3.95. The van der Waals surface area contributed by atoms with Gasteiger partial charge in [0.05, 0.1) is 30.1 Å². The maximum Gasteiger partial charge on any atom is 0.227 e. The second-order valence-corrected chi connectivity index (χ2v) is 8.78. The molecule has 1 saturated heterocycles. The minimum atomic E-state index is 0.0922. The van der Waals surface area contributed by atoms with Crippen molar-refractivity contribution in [3.63, 3.8) is 0 Å². The van der Waals surface area contributed by atoms with Crippen LogP contribution in [0.4, 0.5) is 11.6 Å². The van der Waals surface area contributed by atoms with Crippen LogP contribution in [0.1, 0.15) is 11.7 Å². The number of nitrogens with one attached hydrogen (secondary N) is 2. The highest BCUT2D eigenvalue weighted by molar-refractivity contribution is 5.92. The molecule has 3 heterocycles. The van der Waals surface area contributed by atoms with Crippen LogP contribution in [0.25, 0.3) is 22.2 Å². The number of pyridine rings is 1. The van der Waals surface area contributed by atoms with E-state index in [2.05, 4.69) is 37.6 Å². The Morgan fingerprint density at radius 3 is 2.69 bits per heavy atom. The predicted octanol–water partition coefficient (Wildman–Crippen LogP) is 4.04. The number of rotatable bonds is 8. The van der Waals surface area contributed by atoms with E-state index in [-0.39, 0.29) is 6.10 Å². The van der Waals surface area contributed by atoms with Gasteiger partial charge in [0, 0.05) is 42.5 Å². The molecule has 1 fully saturated rings. The van der Waals surface area contributed by atoms with Crippen molar-refractivity contribution in [1.82, 2.24) is 25.2 Å². The maximum absolute atomic E-state index is 5.84. The zero-order valence-corrected chi connectivity index (χ0v) is 20.1. The Morgan fingerprint density at radius 2 is 1.94 bits per heavy atom. The van der Waals surface area contributed by atoms with E-state index in [1.165, 1.54) is 0 Å². The van der Waals surface area contributed by atoms with Gasteiger partial charge in [-0.1, -0.05) is 30.3 Å². The number of nitrogens with zero attached hydrogens (tertiary/aromatic N) is 4. The van der Waals surface area contributed by atoms with Crippen LogP contribution in [0.2, 0.25) is 0 Å². The number of para-hydroxylation sites is 1. The van der Waals surface area contributed by atoms with Crippen LogP contribution in [0.15, 0.2) is 67.0 Å². The molecule has 2 aromatic carbocycles. The molecule has 1 atom stereocenters. The first-order chi connectivity index (χ1) is 17.2. The van der Waals surface area contributed by atoms with Crippen molar-refractivity contribution in [2.45, 2.75) is 6.10 Å². The largest absolute Gasteiger partial charge is 0.491 e. The number of aromatic nitrogens is 3. The molecule has 2 N–H and O–H groups in total. The first-order valence-corrected chi connectivity index (χ1v) is 11.8. The molecular weight excluding hydrogens is 440 g/mol. The average molecular weight is 471 g/mol. The van der Waals surface area contributed by atoms with Gasteiger partial charge in [0.1, 0.15) is 12.4 Å². The van der Waals surface area contributed by atoms with Crippen LogP contribution < -0.4 is 15.4 Å². The molecular formula is C27H30N6O2. The highest BCUT2D eigenvalue weighted by Gasteiger charge is 2.15. The highest BCUT2D eigenvalue weighted by atomic mass is 16.5. The molecule has 5 rings (SSSR count). The minimum Gasteiger partial charge on any atom is -0.491 e. The molecule has 2 aromatic heterocycles. The van der Waals surface area contributed by atoms with Crippen molar-refractivity contribution in [3.05, 3.63) is 72.6 Å². The van der Waals surface area contributed by atoms with Crippen molar-refractivity contribution < 1.29 is 9.47 Å². The zero-order valence-electron chi connectivity index (χ0n) is 20.1. The molecule has 0 spiro atoms. The minimum absolute atomic E-state index is 0.0922. The third-order valence-corrected chi connectivity index (χ3v) is 5.90. The normalized spacial score (nSPS) is 15.9. The summed E-state index contributed by atoms with van der Waals surface area (Å²) < 4.78 is 11.6. The Labute approximate surface area is 205 Å². The molecule has 0 saturated carbocycles. The summed E-state index contributed by atoms with van der Waals surface area (Å²) in [5.41, 5.74) is 4.71. The molecule has 1 unspecified atom stereocenters. The number of likely N-dealkylation sites (N-methyl/N-ethyl adjacent to an activating group) is 1. The molecule has 4 aromatic rings. The lowest BCUT2D eigenvalue weighted by atomic mass is 10.1. The highest BCUT2D eigenvalue weighted by Crippen LogP contribution is 2.28. The van der Waals surface area contributed by atoms with E-state index in [4.69, 9.17) is 14.5 Å². The van der Waals surface area contributed by atoms with Crippen LogP contribution >= 0.6 is 0 Å². The van der Waals surface area contributed by atoms with Crippen LogP contribution in [0.3, 0.4) is 0 Å². The Kier molecular flexibility index (Phi) is 7.13. The van der Waals surface area contributed by atoms with Crippen LogP contribution in [-0.4, -0.2) is 66.8 Å². The monoisotopic (exact) mass is 470 g/mol. The number of hydrogen-bond acceptors (Lipinski definition) is 8. The van der Waals surface area contributed by atoms with E-state index in [0.717, 1.165) is 65.4 Å². The Hall–Kier alpha value is -3.59. The molecule has 8 heteroatoms. The first-order valence-electron chi connectivity index (χ1n) is 11.8. The second kappa shape index (κ2) is 10.8. The topological polar surface area (TPSA) is 84.4 Å². The van der Waals surface area contributed by atoms with Gasteiger partial charge in [0.15, 0.2) is 0 Å². The van der Waals surface area contributed by atoms with Crippen molar-refractivity contribution in [2.75, 3.05) is 52.3 Å². The Balaban J connectivity index is 1.33. The molecule has 0 amide bonds. The van der Waals surface area contributed by atoms with Crippen molar-refractivity contribution in [3.8, 4) is 17.0 Å². The van der Waals surface area contributed by atoms with Crippen LogP contribution in [0.5, 0.6) is 5.75 Å². The fourth-order valence-electron chi connectivity index (χ4n) is 3.98. The lowest BCUT2D eigenvalue weighted by Crippen LogP contribution is -2.33. The fraction of sp³-hybridized carbons (Fsp3) is 0.296. The average Bonchev–Trinajstić information content (AvgIpc) is 2.89. The number of ether oxygens (including phenoxy) is 2. The van der Waals surface area contributed by atoms with Gasteiger partial charge < -0.3 is 25.0 Å². The summed E-state index contributed by atoms with van der Waals surface area (Å²) in [5, 5.41) is 7.65. The molecule has 0 bridgehead atoms. The molecule has 0 aliphatic carbocycles. The molecule has 8 nitrogen and oxygen atoms in total. The summed E-state index contributed by atoms with van der Waals surface area (Å²) in [6, 6.07) is 18.2. The second-order valence-electron chi connectivity index (χ2n) is 8.78. The first kappa shape index (κ1) is 23.2. The summed E-state index contributed by atoms with van der Waals surface area (Å²) in [5.74, 6) is 1.29. The van der Waals surface area contributed by atoms with E-state index in [1.54, 1.807) is 6.20 Å². The smallest absolute Gasteiger partial charge is 0.227 e. The number of morpholine rings is 1. The molecule has 35 heavy (non-hydrogen) atoms. The Bertz CT molecular complexity index is 1260. The molecule has 0 radical (unpaired) electrons. The van der Waals surface area contributed by atoms with E-state index >= 15 is 0 Å². The van der Waals surface area contributed by atoms with Gasteiger partial charge in [-0.2, -0.15) is 0 Å². The SMILES string of the molecule is CN(C)CCOc1ccc(-c2cccc3cnc(Nc4ccc(C5CNCCO5)cc4)nc23)nc1. The molecule has 1 aliphatic heterocycles. The number of anilines is 2. The Morgan fingerprint density at radius 1 is 1.06 bits per heavy atom. The van der Waals surface area contributed by atoms with E-state index < -0.39 is 0 Å². The predicted molar refractivity (Wildman–Crippen MR) is 138 cm³/mol. The van der Waals surface area contributed by atoms with E-state index in [1.807, 2.05) is 62.8 Å². The van der Waals surface area contributed by atoms with Crippen LogP contribution in [0, 0.1) is 0 Å². The van der Waals surface area contributed by atoms with Gasteiger partial charge in [-0.15, -0.1) is 0 Å². The molecule has 180 valence electrons. The lowest BCUT2D eigenvalue weighted by molar-refractivity contribution is 0.0277. The maximum atomic E-state index is 5.84. The molecule has 1 aliphatic rings. The van der Waals surface area contributed by atoms with E-state index in [9.17, 15) is 0 Å². The van der Waals surface area contributed by atoms with Crippen LogP contribution in [-0.2, 0) is 4.74 Å². The van der Waals surface area contributed by atoms with Gasteiger partial charge in [0.25, 0.3) is 0 Å². The summed E-state index contributed by atoms with van der Waals surface area (Å²) in [4.78, 5) is 16.0. The standard InChI is InChI=1S/C27H30N6O2/c1-33(2)13-15-34-22-10-11-24(29-17-22)23-5-3-4-20-16-30-27(32-26(20)23)31-21-8-6-19(7-9-21)25-18-28-12-14-35-25/h3-11,16-17,25,28H,12-15,18H2,1-2H3,(H,30,31,32). The van der Waals surface area contributed by atoms with Gasteiger partial charge in [0.2, 0.25) is 5.95 Å².